The largest absolute Gasteiger partial charge is 0.496 e. The molecule has 2 aliphatic heterocycles. The maximum Gasteiger partial charge on any atom is 0.144 e. The highest BCUT2D eigenvalue weighted by atomic mass is 16.5. The lowest BCUT2D eigenvalue weighted by molar-refractivity contribution is 0.204. The third kappa shape index (κ3) is 2.76. The quantitative estimate of drug-likeness (QED) is 0.839. The molecule has 0 bridgehead atoms. The first-order valence-corrected chi connectivity index (χ1v) is 8.73. The average molecular weight is 350 g/mol. The molecule has 4 rings (SSSR count). The minimum Gasteiger partial charge on any atom is -0.496 e. The van der Waals surface area contributed by atoms with E-state index in [0.29, 0.717) is 29.4 Å². The van der Waals surface area contributed by atoms with E-state index >= 15 is 0 Å². The number of methoxy groups -OCH3 is 1. The van der Waals surface area contributed by atoms with Crippen LogP contribution in [0.3, 0.4) is 0 Å². The van der Waals surface area contributed by atoms with Crippen molar-refractivity contribution in [2.45, 2.75) is 19.4 Å². The molecule has 0 aliphatic carbocycles. The molecule has 0 spiro atoms. The molecule has 0 saturated carbocycles. The Morgan fingerprint density at radius 3 is 2.73 bits per heavy atom. The van der Waals surface area contributed by atoms with Crippen LogP contribution in [0.2, 0.25) is 0 Å². The lowest BCUT2D eigenvalue weighted by atomic mass is 9.88. The topological polar surface area (TPSA) is 47.9 Å². The average Bonchev–Trinajstić information content (AvgIpc) is 2.67. The van der Waals surface area contributed by atoms with Crippen LogP contribution < -0.4 is 14.2 Å². The van der Waals surface area contributed by atoms with E-state index in [1.54, 1.807) is 13.2 Å². The van der Waals surface area contributed by atoms with Crippen molar-refractivity contribution in [2.24, 2.45) is 5.92 Å². The SMILES string of the molecule is C=C(C)C1COc2cc(OC)c3c(c2C1)OC(c1ccccc1)=CC3O. The van der Waals surface area contributed by atoms with Gasteiger partial charge in [0.1, 0.15) is 29.1 Å². The Hall–Kier alpha value is -2.72. The summed E-state index contributed by atoms with van der Waals surface area (Å²) in [5, 5.41) is 10.8. The number of hydrogen-bond donors (Lipinski definition) is 1. The predicted molar refractivity (Wildman–Crippen MR) is 101 cm³/mol. The summed E-state index contributed by atoms with van der Waals surface area (Å²) < 4.78 is 17.7. The Balaban J connectivity index is 1.83. The van der Waals surface area contributed by atoms with Gasteiger partial charge in [-0.2, -0.15) is 0 Å². The van der Waals surface area contributed by atoms with Crippen LogP contribution in [-0.4, -0.2) is 18.8 Å². The second-order valence-electron chi connectivity index (χ2n) is 6.80. The van der Waals surface area contributed by atoms with Crippen LogP contribution in [0.15, 0.2) is 54.6 Å². The summed E-state index contributed by atoms with van der Waals surface area (Å²) >= 11 is 0. The molecule has 1 N–H and O–H groups in total. The molecule has 0 saturated heterocycles. The molecule has 2 heterocycles. The smallest absolute Gasteiger partial charge is 0.144 e. The van der Waals surface area contributed by atoms with Crippen LogP contribution in [0.25, 0.3) is 5.76 Å². The molecule has 134 valence electrons. The lowest BCUT2D eigenvalue weighted by Gasteiger charge is -2.32. The number of hydrogen-bond acceptors (Lipinski definition) is 4. The maximum absolute atomic E-state index is 10.8. The van der Waals surface area contributed by atoms with Crippen LogP contribution in [-0.2, 0) is 6.42 Å². The first-order valence-electron chi connectivity index (χ1n) is 8.73. The van der Waals surface area contributed by atoms with E-state index in [1.165, 1.54) is 0 Å². The van der Waals surface area contributed by atoms with Crippen molar-refractivity contribution < 1.29 is 19.3 Å². The Labute approximate surface area is 153 Å². The fourth-order valence-electron chi connectivity index (χ4n) is 3.50. The van der Waals surface area contributed by atoms with Crippen LogP contribution in [0.4, 0.5) is 0 Å². The van der Waals surface area contributed by atoms with Crippen LogP contribution >= 0.6 is 0 Å². The fraction of sp³-hybridized carbons (Fsp3) is 0.273. The maximum atomic E-state index is 10.8. The normalized spacial score (nSPS) is 20.8. The van der Waals surface area contributed by atoms with Gasteiger partial charge in [-0.25, -0.2) is 0 Å². The van der Waals surface area contributed by atoms with Gasteiger partial charge in [0.2, 0.25) is 0 Å². The van der Waals surface area contributed by atoms with Gasteiger partial charge in [-0.3, -0.25) is 0 Å². The van der Waals surface area contributed by atoms with Gasteiger partial charge >= 0.3 is 0 Å². The number of ether oxygens (including phenoxy) is 3. The van der Waals surface area contributed by atoms with Gasteiger partial charge in [0.25, 0.3) is 0 Å². The van der Waals surface area contributed by atoms with Gasteiger partial charge in [0.05, 0.1) is 19.3 Å². The Morgan fingerprint density at radius 2 is 2.04 bits per heavy atom. The zero-order valence-corrected chi connectivity index (χ0v) is 15.0. The minimum atomic E-state index is -0.806. The van der Waals surface area contributed by atoms with Crippen molar-refractivity contribution in [3.8, 4) is 17.2 Å². The van der Waals surface area contributed by atoms with E-state index in [1.807, 2.05) is 43.3 Å². The Kier molecular flexibility index (Phi) is 4.21. The highest BCUT2D eigenvalue weighted by Gasteiger charge is 2.33. The molecular weight excluding hydrogens is 328 g/mol. The number of benzene rings is 2. The lowest BCUT2D eigenvalue weighted by Crippen LogP contribution is -2.24. The molecule has 26 heavy (non-hydrogen) atoms. The first-order chi connectivity index (χ1) is 12.6. The standard InChI is InChI=1S/C22H22O4/c1-13(2)15-9-16-19(25-12-15)11-20(24-3)21-17(23)10-18(26-22(16)21)14-7-5-4-6-8-14/h4-8,10-11,15,17,23H,1,9,12H2,2-3H3. The number of fused-ring (bicyclic) bond motifs is 3. The molecule has 0 radical (unpaired) electrons. The number of rotatable bonds is 3. The third-order valence-electron chi connectivity index (χ3n) is 5.03. The van der Waals surface area contributed by atoms with Gasteiger partial charge < -0.3 is 19.3 Å². The van der Waals surface area contributed by atoms with Crippen LogP contribution in [0.1, 0.15) is 29.7 Å². The highest BCUT2D eigenvalue weighted by Crippen LogP contribution is 2.49. The molecule has 0 amide bonds. The van der Waals surface area contributed by atoms with E-state index in [4.69, 9.17) is 14.2 Å². The summed E-state index contributed by atoms with van der Waals surface area (Å²) in [6.07, 6.45) is 1.68. The van der Waals surface area contributed by atoms with Gasteiger partial charge in [-0.15, -0.1) is 0 Å². The molecular formula is C22H22O4. The predicted octanol–water partition coefficient (Wildman–Crippen LogP) is 4.29. The summed E-state index contributed by atoms with van der Waals surface area (Å²) in [4.78, 5) is 0. The first kappa shape index (κ1) is 16.7. The molecule has 2 aromatic rings. The minimum absolute atomic E-state index is 0.229. The van der Waals surface area contributed by atoms with Crippen molar-refractivity contribution >= 4 is 5.76 Å². The summed E-state index contributed by atoms with van der Waals surface area (Å²) in [6, 6.07) is 11.6. The fourth-order valence-corrected chi connectivity index (χ4v) is 3.50. The third-order valence-corrected chi connectivity index (χ3v) is 5.03. The second kappa shape index (κ2) is 6.54. The highest BCUT2D eigenvalue weighted by molar-refractivity contribution is 5.71. The zero-order chi connectivity index (χ0) is 18.3. The van der Waals surface area contributed by atoms with Gasteiger partial charge in [-0.1, -0.05) is 42.5 Å². The van der Waals surface area contributed by atoms with Crippen LogP contribution in [0, 0.1) is 5.92 Å². The molecule has 2 aromatic carbocycles. The summed E-state index contributed by atoms with van der Waals surface area (Å²) in [7, 11) is 1.59. The number of aliphatic hydroxyl groups is 1. The molecule has 2 aliphatic rings. The zero-order valence-electron chi connectivity index (χ0n) is 15.0. The molecule has 2 unspecified atom stereocenters. The van der Waals surface area contributed by atoms with Crippen molar-refractivity contribution in [3.05, 3.63) is 71.3 Å². The molecule has 0 fully saturated rings. The Bertz CT molecular complexity index is 883. The molecule has 2 atom stereocenters. The summed E-state index contributed by atoms with van der Waals surface area (Å²) in [6.45, 7) is 6.67. The summed E-state index contributed by atoms with van der Waals surface area (Å²) in [5.74, 6) is 2.83. The van der Waals surface area contributed by atoms with E-state index in [2.05, 4.69) is 6.58 Å². The molecule has 4 heteroatoms. The van der Waals surface area contributed by atoms with Crippen molar-refractivity contribution in [1.82, 2.24) is 0 Å². The van der Waals surface area contributed by atoms with Gasteiger partial charge in [0, 0.05) is 23.1 Å². The van der Waals surface area contributed by atoms with E-state index in [-0.39, 0.29) is 5.92 Å². The molecule has 0 aromatic heterocycles. The van der Waals surface area contributed by atoms with Crippen molar-refractivity contribution in [3.63, 3.8) is 0 Å². The van der Waals surface area contributed by atoms with Crippen molar-refractivity contribution in [1.29, 1.82) is 0 Å². The summed E-state index contributed by atoms with van der Waals surface area (Å²) in [5.41, 5.74) is 3.61. The van der Waals surface area contributed by atoms with E-state index in [9.17, 15) is 5.11 Å². The Morgan fingerprint density at radius 1 is 1.27 bits per heavy atom. The second-order valence-corrected chi connectivity index (χ2v) is 6.80. The van der Waals surface area contributed by atoms with E-state index in [0.717, 1.165) is 28.9 Å². The van der Waals surface area contributed by atoms with Gasteiger partial charge in [-0.05, 0) is 19.4 Å². The number of aliphatic hydroxyl groups excluding tert-OH is 1. The van der Waals surface area contributed by atoms with E-state index < -0.39 is 6.10 Å². The monoisotopic (exact) mass is 350 g/mol. The van der Waals surface area contributed by atoms with Crippen LogP contribution in [0.5, 0.6) is 17.2 Å². The molecule has 4 nitrogen and oxygen atoms in total. The van der Waals surface area contributed by atoms with Gasteiger partial charge in [0.15, 0.2) is 0 Å². The van der Waals surface area contributed by atoms with Crippen molar-refractivity contribution in [2.75, 3.05) is 13.7 Å².